The number of rotatable bonds is 13. The van der Waals surface area contributed by atoms with Gasteiger partial charge in [-0.2, -0.15) is 0 Å². The number of nitrogens with zero attached hydrogens (tertiary/aromatic N) is 4. The minimum Gasteiger partial charge on any atom is -0.497 e. The normalized spacial score (nSPS) is 14.5. The third-order valence-electron chi connectivity index (χ3n) is 6.11. The highest BCUT2D eigenvalue weighted by Crippen LogP contribution is 2.23. The molecular formula is C27H35N5O4. The Balaban J connectivity index is 1.16. The fourth-order valence-corrected chi connectivity index (χ4v) is 3.98. The van der Waals surface area contributed by atoms with Crippen LogP contribution in [0.15, 0.2) is 60.9 Å². The van der Waals surface area contributed by atoms with Crippen molar-refractivity contribution in [2.24, 2.45) is 0 Å². The molecule has 192 valence electrons. The molecule has 9 heteroatoms. The predicted octanol–water partition coefficient (Wildman–Crippen LogP) is 2.90. The summed E-state index contributed by atoms with van der Waals surface area (Å²) in [6.07, 6.45) is 3.61. The molecule has 1 aromatic heterocycles. The van der Waals surface area contributed by atoms with Gasteiger partial charge in [0, 0.05) is 62.9 Å². The second-order valence-corrected chi connectivity index (χ2v) is 8.54. The van der Waals surface area contributed by atoms with Gasteiger partial charge in [0.15, 0.2) is 0 Å². The number of aliphatic hydroxyl groups excluding tert-OH is 1. The van der Waals surface area contributed by atoms with Crippen molar-refractivity contribution >= 4 is 11.6 Å². The molecule has 0 amide bonds. The average Bonchev–Trinajstić information content (AvgIpc) is 2.93. The van der Waals surface area contributed by atoms with E-state index in [1.165, 1.54) is 0 Å². The van der Waals surface area contributed by atoms with Crippen LogP contribution in [-0.4, -0.2) is 97.7 Å². The summed E-state index contributed by atoms with van der Waals surface area (Å²) >= 11 is 0. The lowest BCUT2D eigenvalue weighted by Gasteiger charge is -2.34. The first kappa shape index (κ1) is 25.8. The van der Waals surface area contributed by atoms with Crippen LogP contribution in [-0.2, 0) is 4.74 Å². The number of ether oxygens (including phenoxy) is 3. The maximum Gasteiger partial charge on any atom is 0.227 e. The number of hydrogen-bond donors (Lipinski definition) is 2. The van der Waals surface area contributed by atoms with Gasteiger partial charge in [-0.3, -0.25) is 9.80 Å². The zero-order valence-electron chi connectivity index (χ0n) is 20.8. The number of aliphatic hydroxyl groups is 1. The monoisotopic (exact) mass is 493 g/mol. The van der Waals surface area contributed by atoms with E-state index in [9.17, 15) is 0 Å². The van der Waals surface area contributed by atoms with E-state index >= 15 is 0 Å². The molecule has 0 bridgehead atoms. The molecule has 0 atom stereocenters. The van der Waals surface area contributed by atoms with E-state index in [1.54, 1.807) is 19.5 Å². The van der Waals surface area contributed by atoms with Crippen molar-refractivity contribution in [1.82, 2.24) is 19.8 Å². The van der Waals surface area contributed by atoms with Gasteiger partial charge in [0.2, 0.25) is 5.95 Å². The third kappa shape index (κ3) is 7.89. The molecule has 1 saturated heterocycles. The van der Waals surface area contributed by atoms with Crippen molar-refractivity contribution in [1.29, 1.82) is 0 Å². The number of hydrogen-bond acceptors (Lipinski definition) is 9. The van der Waals surface area contributed by atoms with Crippen LogP contribution in [0.2, 0.25) is 0 Å². The molecule has 1 aliphatic rings. The first-order chi connectivity index (χ1) is 17.7. The smallest absolute Gasteiger partial charge is 0.227 e. The van der Waals surface area contributed by atoms with E-state index in [-0.39, 0.29) is 6.61 Å². The summed E-state index contributed by atoms with van der Waals surface area (Å²) in [5.41, 5.74) is 2.88. The van der Waals surface area contributed by atoms with Gasteiger partial charge in [-0.15, -0.1) is 0 Å². The van der Waals surface area contributed by atoms with E-state index in [0.29, 0.717) is 25.8 Å². The Bertz CT molecular complexity index is 1020. The lowest BCUT2D eigenvalue weighted by molar-refractivity contribution is 0.0553. The molecule has 2 aromatic carbocycles. The van der Waals surface area contributed by atoms with Gasteiger partial charge in [0.1, 0.15) is 18.1 Å². The Morgan fingerprint density at radius 1 is 0.778 bits per heavy atom. The van der Waals surface area contributed by atoms with Crippen LogP contribution in [0.3, 0.4) is 0 Å². The minimum absolute atomic E-state index is 0.0846. The zero-order chi connectivity index (χ0) is 25.0. The van der Waals surface area contributed by atoms with Gasteiger partial charge in [-0.25, -0.2) is 9.97 Å². The molecule has 2 N–H and O–H groups in total. The van der Waals surface area contributed by atoms with Crippen molar-refractivity contribution in [2.75, 3.05) is 78.1 Å². The molecule has 0 radical (unpaired) electrons. The highest BCUT2D eigenvalue weighted by Gasteiger charge is 2.16. The quantitative estimate of drug-likeness (QED) is 0.349. The molecule has 3 aromatic rings. The van der Waals surface area contributed by atoms with Gasteiger partial charge >= 0.3 is 0 Å². The van der Waals surface area contributed by atoms with Crippen LogP contribution < -0.4 is 14.8 Å². The van der Waals surface area contributed by atoms with Gasteiger partial charge < -0.3 is 24.6 Å². The third-order valence-corrected chi connectivity index (χ3v) is 6.11. The summed E-state index contributed by atoms with van der Waals surface area (Å²) in [6.45, 7) is 7.79. The summed E-state index contributed by atoms with van der Waals surface area (Å²) in [6, 6.07) is 15.7. The van der Waals surface area contributed by atoms with Crippen molar-refractivity contribution in [3.05, 3.63) is 60.9 Å². The van der Waals surface area contributed by atoms with Crippen LogP contribution in [0.4, 0.5) is 11.6 Å². The second-order valence-electron chi connectivity index (χ2n) is 8.54. The van der Waals surface area contributed by atoms with Gasteiger partial charge in [0.25, 0.3) is 0 Å². The molecule has 9 nitrogen and oxygen atoms in total. The average molecular weight is 494 g/mol. The van der Waals surface area contributed by atoms with Crippen LogP contribution >= 0.6 is 0 Å². The van der Waals surface area contributed by atoms with Crippen molar-refractivity contribution in [2.45, 2.75) is 0 Å². The molecule has 0 unspecified atom stereocenters. The molecular weight excluding hydrogens is 458 g/mol. The van der Waals surface area contributed by atoms with Crippen LogP contribution in [0.1, 0.15) is 0 Å². The number of aromatic nitrogens is 2. The Morgan fingerprint density at radius 2 is 1.39 bits per heavy atom. The Labute approximate surface area is 212 Å². The van der Waals surface area contributed by atoms with Crippen molar-refractivity contribution in [3.63, 3.8) is 0 Å². The molecule has 4 rings (SSSR count). The maximum atomic E-state index is 8.76. The topological polar surface area (TPSA) is 92.2 Å². The van der Waals surface area contributed by atoms with Crippen LogP contribution in [0, 0.1) is 0 Å². The van der Waals surface area contributed by atoms with E-state index in [0.717, 1.165) is 67.6 Å². The number of nitrogens with one attached hydrogen (secondary N) is 1. The summed E-state index contributed by atoms with van der Waals surface area (Å²) in [5, 5.41) is 12.0. The standard InChI is InChI=1S/C27H35N5O4/c1-34-25-6-2-22(3-7-25)23-20-28-27(29-21-23)30-24-4-8-26(9-5-24)36-18-15-32-12-10-31(11-13-32)14-17-35-19-16-33/h2-9,20-21,33H,10-19H2,1H3,(H,28,29,30). The lowest BCUT2D eigenvalue weighted by atomic mass is 10.1. The van der Waals surface area contributed by atoms with Gasteiger partial charge in [-0.05, 0) is 42.0 Å². The SMILES string of the molecule is COc1ccc(-c2cnc(Nc3ccc(OCCN4CCN(CCOCCO)CC4)cc3)nc2)cc1. The minimum atomic E-state index is 0.0846. The van der Waals surface area contributed by atoms with E-state index in [1.807, 2.05) is 48.5 Å². The molecule has 36 heavy (non-hydrogen) atoms. The van der Waals surface area contributed by atoms with Crippen LogP contribution in [0.5, 0.6) is 11.5 Å². The maximum absolute atomic E-state index is 8.76. The summed E-state index contributed by atoms with van der Waals surface area (Å²) in [4.78, 5) is 13.7. The Morgan fingerprint density at radius 3 is 2.00 bits per heavy atom. The fourth-order valence-electron chi connectivity index (χ4n) is 3.98. The summed E-state index contributed by atoms with van der Waals surface area (Å²) < 4.78 is 16.5. The molecule has 1 aliphatic heterocycles. The first-order valence-electron chi connectivity index (χ1n) is 12.3. The van der Waals surface area contributed by atoms with E-state index in [4.69, 9.17) is 19.3 Å². The Kier molecular flexibility index (Phi) is 9.87. The first-order valence-corrected chi connectivity index (χ1v) is 12.3. The van der Waals surface area contributed by atoms with Gasteiger partial charge in [0.05, 0.1) is 26.9 Å². The number of anilines is 2. The highest BCUT2D eigenvalue weighted by molar-refractivity contribution is 5.63. The molecule has 2 heterocycles. The molecule has 0 saturated carbocycles. The molecule has 1 fully saturated rings. The van der Waals surface area contributed by atoms with E-state index < -0.39 is 0 Å². The number of methoxy groups -OCH3 is 1. The summed E-state index contributed by atoms with van der Waals surface area (Å²) in [5.74, 6) is 2.21. The summed E-state index contributed by atoms with van der Waals surface area (Å²) in [7, 11) is 1.65. The molecule has 0 spiro atoms. The zero-order valence-corrected chi connectivity index (χ0v) is 20.8. The molecule has 0 aliphatic carbocycles. The van der Waals surface area contributed by atoms with Crippen LogP contribution in [0.25, 0.3) is 11.1 Å². The predicted molar refractivity (Wildman–Crippen MR) is 140 cm³/mol. The second kappa shape index (κ2) is 13.7. The highest BCUT2D eigenvalue weighted by atomic mass is 16.5. The largest absolute Gasteiger partial charge is 0.497 e. The van der Waals surface area contributed by atoms with Gasteiger partial charge in [-0.1, -0.05) is 12.1 Å². The fraction of sp³-hybridized carbons (Fsp3) is 0.407. The number of piperazine rings is 1. The number of benzene rings is 2. The van der Waals surface area contributed by atoms with Crippen molar-refractivity contribution < 1.29 is 19.3 Å². The van der Waals surface area contributed by atoms with E-state index in [2.05, 4.69) is 25.1 Å². The lowest BCUT2D eigenvalue weighted by Crippen LogP contribution is -2.48. The Hall–Kier alpha value is -3.24. The van der Waals surface area contributed by atoms with Crippen molar-refractivity contribution in [3.8, 4) is 22.6 Å².